The van der Waals surface area contributed by atoms with Crippen molar-refractivity contribution in [2.24, 2.45) is 0 Å². The minimum atomic E-state index is -1.03. The van der Waals surface area contributed by atoms with Crippen LogP contribution in [0.25, 0.3) is 0 Å². The fourth-order valence-corrected chi connectivity index (χ4v) is 2.89. The highest BCUT2D eigenvalue weighted by atomic mass is 32.1. The van der Waals surface area contributed by atoms with Crippen molar-refractivity contribution >= 4 is 23.2 Å². The third-order valence-corrected chi connectivity index (χ3v) is 3.99. The Morgan fingerprint density at radius 2 is 2.20 bits per heavy atom. The van der Waals surface area contributed by atoms with Gasteiger partial charge in [-0.3, -0.25) is 4.79 Å². The monoisotopic (exact) mass is 292 g/mol. The van der Waals surface area contributed by atoms with Crippen LogP contribution in [0.5, 0.6) is 0 Å². The number of aryl methyl sites for hydroxylation is 1. The Kier molecular flexibility index (Phi) is 4.57. The van der Waals surface area contributed by atoms with Crippen LogP contribution in [-0.2, 0) is 24.3 Å². The Bertz CT molecular complexity index is 615. The van der Waals surface area contributed by atoms with Crippen LogP contribution in [0.1, 0.15) is 27.9 Å². The Hall–Kier alpha value is -2.08. The summed E-state index contributed by atoms with van der Waals surface area (Å²) < 4.78 is 1.42. The number of aromatic nitrogens is 1. The fraction of sp³-hybridized carbons (Fsp3) is 0.286. The third-order valence-electron chi connectivity index (χ3n) is 3.03. The zero-order valence-corrected chi connectivity index (χ0v) is 11.9. The number of nitrogens with one attached hydrogen (secondary N) is 1. The lowest BCUT2D eigenvalue weighted by atomic mass is 10.2. The van der Waals surface area contributed by atoms with Crippen LogP contribution in [-0.4, -0.2) is 21.6 Å². The maximum absolute atomic E-state index is 11.9. The molecule has 0 radical (unpaired) electrons. The van der Waals surface area contributed by atoms with Crippen molar-refractivity contribution in [1.82, 2.24) is 9.88 Å². The molecular weight excluding hydrogens is 276 g/mol. The number of thiophene rings is 1. The van der Waals surface area contributed by atoms with E-state index >= 15 is 0 Å². The van der Waals surface area contributed by atoms with Gasteiger partial charge in [0.05, 0.1) is 6.54 Å². The van der Waals surface area contributed by atoms with Gasteiger partial charge in [-0.1, -0.05) is 6.92 Å². The van der Waals surface area contributed by atoms with Crippen molar-refractivity contribution in [3.63, 3.8) is 0 Å². The van der Waals surface area contributed by atoms with E-state index in [-0.39, 0.29) is 18.1 Å². The summed E-state index contributed by atoms with van der Waals surface area (Å²) in [5, 5.41) is 13.8. The molecule has 0 aliphatic carbocycles. The van der Waals surface area contributed by atoms with Gasteiger partial charge in [0.2, 0.25) is 5.91 Å². The molecule has 106 valence electrons. The van der Waals surface area contributed by atoms with Crippen molar-refractivity contribution in [3.05, 3.63) is 45.9 Å². The van der Waals surface area contributed by atoms with E-state index in [1.807, 2.05) is 5.38 Å². The molecule has 6 heteroatoms. The number of hydrogen-bond acceptors (Lipinski definition) is 3. The lowest BCUT2D eigenvalue weighted by Gasteiger charge is -2.08. The summed E-state index contributed by atoms with van der Waals surface area (Å²) >= 11 is 1.62. The van der Waals surface area contributed by atoms with Gasteiger partial charge in [-0.05, 0) is 35.6 Å². The molecule has 0 bridgehead atoms. The van der Waals surface area contributed by atoms with Crippen molar-refractivity contribution < 1.29 is 14.7 Å². The Morgan fingerprint density at radius 3 is 2.90 bits per heavy atom. The predicted molar refractivity (Wildman–Crippen MR) is 76.9 cm³/mol. The molecule has 2 aromatic heterocycles. The first-order valence-corrected chi connectivity index (χ1v) is 7.20. The summed E-state index contributed by atoms with van der Waals surface area (Å²) in [7, 11) is 0. The lowest BCUT2D eigenvalue weighted by molar-refractivity contribution is -0.121. The van der Waals surface area contributed by atoms with E-state index in [1.165, 1.54) is 16.2 Å². The third kappa shape index (κ3) is 3.27. The summed E-state index contributed by atoms with van der Waals surface area (Å²) in [6, 6.07) is 5.15. The lowest BCUT2D eigenvalue weighted by Crippen LogP contribution is -2.28. The second-order valence-corrected chi connectivity index (χ2v) is 5.33. The van der Waals surface area contributed by atoms with E-state index in [4.69, 9.17) is 5.11 Å². The minimum absolute atomic E-state index is 0.0153. The first-order chi connectivity index (χ1) is 9.61. The molecule has 2 heterocycles. The molecule has 0 aromatic carbocycles. The van der Waals surface area contributed by atoms with Gasteiger partial charge in [-0.2, -0.15) is 0 Å². The van der Waals surface area contributed by atoms with Crippen LogP contribution >= 0.6 is 11.3 Å². The second kappa shape index (κ2) is 6.38. The molecule has 2 rings (SSSR count). The molecule has 0 saturated heterocycles. The molecule has 0 spiro atoms. The van der Waals surface area contributed by atoms with E-state index in [0.717, 1.165) is 11.3 Å². The quantitative estimate of drug-likeness (QED) is 0.856. The number of carbonyl (C=O) groups excluding carboxylic acids is 1. The molecule has 0 aliphatic heterocycles. The Balaban J connectivity index is 1.93. The summed E-state index contributed by atoms with van der Waals surface area (Å²) in [5.74, 6) is -1.23. The van der Waals surface area contributed by atoms with E-state index < -0.39 is 5.97 Å². The Morgan fingerprint density at radius 1 is 1.40 bits per heavy atom. The van der Waals surface area contributed by atoms with Gasteiger partial charge >= 0.3 is 5.97 Å². The molecule has 0 atom stereocenters. The van der Waals surface area contributed by atoms with E-state index in [0.29, 0.717) is 6.54 Å². The number of carboxylic acid groups (broad SMARTS) is 1. The first-order valence-electron chi connectivity index (χ1n) is 6.32. The van der Waals surface area contributed by atoms with Gasteiger partial charge in [0.1, 0.15) is 12.2 Å². The molecule has 0 aliphatic rings. The van der Waals surface area contributed by atoms with Crippen LogP contribution < -0.4 is 5.32 Å². The predicted octanol–water partition coefficient (Wildman–Crippen LogP) is 2.13. The summed E-state index contributed by atoms with van der Waals surface area (Å²) in [4.78, 5) is 23.9. The van der Waals surface area contributed by atoms with Crippen LogP contribution in [0.2, 0.25) is 0 Å². The molecule has 5 nitrogen and oxygen atoms in total. The largest absolute Gasteiger partial charge is 0.477 e. The number of carbonyl (C=O) groups is 2. The SMILES string of the molecule is CCc1ccsc1CNC(=O)Cn1cccc1C(=O)O. The molecular formula is C14H16N2O3S. The minimum Gasteiger partial charge on any atom is -0.477 e. The molecule has 0 fully saturated rings. The van der Waals surface area contributed by atoms with Gasteiger partial charge in [0.15, 0.2) is 0 Å². The first kappa shape index (κ1) is 14.3. The zero-order chi connectivity index (χ0) is 14.5. The van der Waals surface area contributed by atoms with Crippen LogP contribution in [0.15, 0.2) is 29.8 Å². The van der Waals surface area contributed by atoms with Crippen molar-refractivity contribution in [1.29, 1.82) is 0 Å². The maximum atomic E-state index is 11.9. The maximum Gasteiger partial charge on any atom is 0.352 e. The van der Waals surface area contributed by atoms with Gasteiger partial charge in [-0.25, -0.2) is 4.79 Å². The van der Waals surface area contributed by atoms with Gasteiger partial charge in [-0.15, -0.1) is 11.3 Å². The second-order valence-electron chi connectivity index (χ2n) is 4.33. The number of aromatic carboxylic acids is 1. The standard InChI is InChI=1S/C14H16N2O3S/c1-2-10-5-7-20-12(10)8-15-13(17)9-16-6-3-4-11(16)14(18)19/h3-7H,2,8-9H2,1H3,(H,15,17)(H,18,19). The molecule has 2 N–H and O–H groups in total. The highest BCUT2D eigenvalue weighted by Crippen LogP contribution is 2.16. The fourth-order valence-electron chi connectivity index (χ4n) is 1.97. The number of amides is 1. The van der Waals surface area contributed by atoms with Crippen molar-refractivity contribution in [3.8, 4) is 0 Å². The van der Waals surface area contributed by atoms with E-state index in [9.17, 15) is 9.59 Å². The summed E-state index contributed by atoms with van der Waals surface area (Å²) in [6.07, 6.45) is 2.53. The Labute approximate surface area is 120 Å². The highest BCUT2D eigenvalue weighted by Gasteiger charge is 2.12. The normalized spacial score (nSPS) is 10.4. The zero-order valence-electron chi connectivity index (χ0n) is 11.1. The van der Waals surface area contributed by atoms with Gasteiger partial charge < -0.3 is 15.0 Å². The topological polar surface area (TPSA) is 71.3 Å². The number of carboxylic acids is 1. The summed E-state index contributed by atoms with van der Waals surface area (Å²) in [6.45, 7) is 2.58. The van der Waals surface area contributed by atoms with Crippen molar-refractivity contribution in [2.75, 3.05) is 0 Å². The van der Waals surface area contributed by atoms with E-state index in [1.54, 1.807) is 23.6 Å². The molecule has 0 saturated carbocycles. The van der Waals surface area contributed by atoms with Crippen LogP contribution in [0, 0.1) is 0 Å². The van der Waals surface area contributed by atoms with Crippen LogP contribution in [0.3, 0.4) is 0 Å². The van der Waals surface area contributed by atoms with Crippen LogP contribution in [0.4, 0.5) is 0 Å². The van der Waals surface area contributed by atoms with Crippen molar-refractivity contribution in [2.45, 2.75) is 26.4 Å². The number of nitrogens with zero attached hydrogens (tertiary/aromatic N) is 1. The molecule has 20 heavy (non-hydrogen) atoms. The molecule has 0 unspecified atom stereocenters. The van der Waals surface area contributed by atoms with Gasteiger partial charge in [0, 0.05) is 11.1 Å². The number of rotatable bonds is 6. The summed E-state index contributed by atoms with van der Waals surface area (Å²) in [5.41, 5.74) is 1.35. The van der Waals surface area contributed by atoms with Gasteiger partial charge in [0.25, 0.3) is 0 Å². The molecule has 2 aromatic rings. The highest BCUT2D eigenvalue weighted by molar-refractivity contribution is 7.10. The average molecular weight is 292 g/mol. The van der Waals surface area contributed by atoms with E-state index in [2.05, 4.69) is 18.3 Å². The smallest absolute Gasteiger partial charge is 0.352 e. The number of hydrogen-bond donors (Lipinski definition) is 2. The molecule has 1 amide bonds. The average Bonchev–Trinajstić information content (AvgIpc) is 3.04.